The average molecular weight is 198 g/mol. The molecular weight excluding hydrogens is 188 g/mol. The molecule has 0 bridgehead atoms. The molecule has 0 amide bonds. The highest BCUT2D eigenvalue weighted by Gasteiger charge is 2.04. The maximum absolute atomic E-state index is 4.33. The number of hydrogen-bond donors (Lipinski definition) is 1. The number of pyridine rings is 1. The fourth-order valence-electron chi connectivity index (χ4n) is 1.71. The van der Waals surface area contributed by atoms with Crippen LogP contribution < -0.4 is 0 Å². The molecule has 0 spiro atoms. The Morgan fingerprint density at radius 2 is 2.27 bits per heavy atom. The highest BCUT2D eigenvalue weighted by molar-refractivity contribution is 5.79. The van der Waals surface area contributed by atoms with Crippen molar-refractivity contribution in [3.05, 3.63) is 36.9 Å². The Morgan fingerprint density at radius 1 is 1.33 bits per heavy atom. The average Bonchev–Trinajstić information content (AvgIpc) is 2.84. The zero-order valence-electron chi connectivity index (χ0n) is 8.31. The van der Waals surface area contributed by atoms with Gasteiger partial charge >= 0.3 is 0 Å². The molecular formula is C11H10N4. The van der Waals surface area contributed by atoms with Crippen LogP contribution in [0.25, 0.3) is 22.4 Å². The van der Waals surface area contributed by atoms with Crippen LogP contribution in [0, 0.1) is 0 Å². The normalized spacial score (nSPS) is 11.0. The lowest BCUT2D eigenvalue weighted by atomic mass is 10.2. The van der Waals surface area contributed by atoms with E-state index in [9.17, 15) is 0 Å². The topological polar surface area (TPSA) is 46.5 Å². The molecule has 0 unspecified atom stereocenters. The largest absolute Gasteiger partial charge is 0.346 e. The molecule has 0 aliphatic rings. The smallest absolute Gasteiger partial charge is 0.141 e. The zero-order valence-corrected chi connectivity index (χ0v) is 8.31. The second-order valence-corrected chi connectivity index (χ2v) is 3.50. The predicted molar refractivity (Wildman–Crippen MR) is 58.3 cm³/mol. The van der Waals surface area contributed by atoms with Gasteiger partial charge in [-0.25, -0.2) is 9.97 Å². The van der Waals surface area contributed by atoms with E-state index in [-0.39, 0.29) is 0 Å². The van der Waals surface area contributed by atoms with Gasteiger partial charge in [0.2, 0.25) is 0 Å². The lowest BCUT2D eigenvalue weighted by Gasteiger charge is -2.00. The number of rotatable bonds is 1. The molecule has 74 valence electrons. The maximum atomic E-state index is 4.33. The van der Waals surface area contributed by atoms with E-state index in [1.807, 2.05) is 36.3 Å². The molecule has 4 nitrogen and oxygen atoms in total. The number of nitrogens with zero attached hydrogens (tertiary/aromatic N) is 3. The van der Waals surface area contributed by atoms with Gasteiger partial charge in [0.15, 0.2) is 0 Å². The van der Waals surface area contributed by atoms with Crippen LogP contribution in [0.2, 0.25) is 0 Å². The molecule has 0 radical (unpaired) electrons. The Balaban J connectivity index is 2.23. The Morgan fingerprint density at radius 3 is 3.07 bits per heavy atom. The summed E-state index contributed by atoms with van der Waals surface area (Å²) in [4.78, 5) is 11.7. The number of H-pyrrole nitrogens is 1. The predicted octanol–water partition coefficient (Wildman–Crippen LogP) is 1.96. The highest BCUT2D eigenvalue weighted by atomic mass is 15.0. The fraction of sp³-hybridized carbons (Fsp3) is 0.0909. The van der Waals surface area contributed by atoms with Gasteiger partial charge in [0.1, 0.15) is 11.5 Å². The molecule has 0 aromatic carbocycles. The summed E-state index contributed by atoms with van der Waals surface area (Å²) in [6, 6.07) is 4.09. The monoisotopic (exact) mass is 198 g/mol. The van der Waals surface area contributed by atoms with Crippen molar-refractivity contribution in [2.45, 2.75) is 0 Å². The van der Waals surface area contributed by atoms with E-state index in [0.717, 1.165) is 22.4 Å². The third kappa shape index (κ3) is 1.22. The molecule has 0 fully saturated rings. The molecule has 0 saturated carbocycles. The molecule has 15 heavy (non-hydrogen) atoms. The van der Waals surface area contributed by atoms with Gasteiger partial charge in [0.05, 0.1) is 0 Å². The Hall–Kier alpha value is -2.10. The van der Waals surface area contributed by atoms with Crippen molar-refractivity contribution in [3.8, 4) is 11.4 Å². The van der Waals surface area contributed by atoms with E-state index >= 15 is 0 Å². The van der Waals surface area contributed by atoms with Crippen LogP contribution >= 0.6 is 0 Å². The fourth-order valence-corrected chi connectivity index (χ4v) is 1.71. The second kappa shape index (κ2) is 2.95. The molecule has 0 aliphatic carbocycles. The summed E-state index contributed by atoms with van der Waals surface area (Å²) < 4.78 is 1.98. The first kappa shape index (κ1) is 8.23. The minimum absolute atomic E-state index is 0.910. The third-order valence-electron chi connectivity index (χ3n) is 2.48. The van der Waals surface area contributed by atoms with Gasteiger partial charge in [-0.3, -0.25) is 0 Å². The maximum Gasteiger partial charge on any atom is 0.141 e. The van der Waals surface area contributed by atoms with Crippen LogP contribution in [0.5, 0.6) is 0 Å². The lowest BCUT2D eigenvalue weighted by molar-refractivity contribution is 0.924. The Labute approximate surface area is 86.6 Å². The van der Waals surface area contributed by atoms with Gasteiger partial charge in [-0.05, 0) is 12.1 Å². The molecule has 0 aliphatic heterocycles. The van der Waals surface area contributed by atoms with E-state index < -0.39 is 0 Å². The molecule has 3 aromatic heterocycles. The van der Waals surface area contributed by atoms with Crippen molar-refractivity contribution in [1.82, 2.24) is 19.5 Å². The van der Waals surface area contributed by atoms with Crippen molar-refractivity contribution in [2.75, 3.05) is 0 Å². The van der Waals surface area contributed by atoms with Crippen molar-refractivity contribution in [3.63, 3.8) is 0 Å². The van der Waals surface area contributed by atoms with Crippen molar-refractivity contribution >= 4 is 11.0 Å². The van der Waals surface area contributed by atoms with Gasteiger partial charge in [0, 0.05) is 42.8 Å². The molecule has 3 heterocycles. The first-order chi connectivity index (χ1) is 7.34. The van der Waals surface area contributed by atoms with Gasteiger partial charge in [-0.1, -0.05) is 0 Å². The van der Waals surface area contributed by atoms with E-state index in [1.54, 1.807) is 6.20 Å². The molecule has 1 N–H and O–H groups in total. The Bertz CT molecular complexity index is 606. The van der Waals surface area contributed by atoms with Crippen LogP contribution in [-0.2, 0) is 7.05 Å². The summed E-state index contributed by atoms with van der Waals surface area (Å²) in [6.07, 6.45) is 7.44. The summed E-state index contributed by atoms with van der Waals surface area (Å²) >= 11 is 0. The van der Waals surface area contributed by atoms with Crippen molar-refractivity contribution < 1.29 is 0 Å². The lowest BCUT2D eigenvalue weighted by Crippen LogP contribution is -1.91. The number of aromatic nitrogens is 4. The molecule has 4 heteroatoms. The van der Waals surface area contributed by atoms with Gasteiger partial charge in [0.25, 0.3) is 0 Å². The van der Waals surface area contributed by atoms with Gasteiger partial charge in [-0.2, -0.15) is 0 Å². The molecule has 3 rings (SSSR count). The Kier molecular flexibility index (Phi) is 1.62. The van der Waals surface area contributed by atoms with E-state index in [0.29, 0.717) is 0 Å². The van der Waals surface area contributed by atoms with Crippen LogP contribution in [0.3, 0.4) is 0 Å². The van der Waals surface area contributed by atoms with Crippen LogP contribution in [0.4, 0.5) is 0 Å². The summed E-state index contributed by atoms with van der Waals surface area (Å²) in [6.45, 7) is 0. The quantitative estimate of drug-likeness (QED) is 0.649. The van der Waals surface area contributed by atoms with Crippen LogP contribution in [0.15, 0.2) is 36.9 Å². The molecule has 0 saturated heterocycles. The molecule has 0 atom stereocenters. The summed E-state index contributed by atoms with van der Waals surface area (Å²) in [5.74, 6) is 0.936. The van der Waals surface area contributed by atoms with E-state index in [4.69, 9.17) is 0 Å². The van der Waals surface area contributed by atoms with E-state index in [1.165, 1.54) is 0 Å². The summed E-state index contributed by atoms with van der Waals surface area (Å²) in [5, 5.41) is 1.11. The van der Waals surface area contributed by atoms with Crippen molar-refractivity contribution in [1.29, 1.82) is 0 Å². The number of imidazole rings is 1. The van der Waals surface area contributed by atoms with Gasteiger partial charge in [-0.15, -0.1) is 0 Å². The molecule has 3 aromatic rings. The standard InChI is InChI=1S/C11H10N4/c1-15-5-4-13-11(15)9-6-8-2-3-12-10(8)14-7-9/h2-7H,1H3,(H,12,14). The van der Waals surface area contributed by atoms with Crippen molar-refractivity contribution in [2.24, 2.45) is 7.05 Å². The van der Waals surface area contributed by atoms with Gasteiger partial charge < -0.3 is 9.55 Å². The third-order valence-corrected chi connectivity index (χ3v) is 2.48. The minimum atomic E-state index is 0.910. The number of nitrogens with one attached hydrogen (secondary N) is 1. The van der Waals surface area contributed by atoms with E-state index in [2.05, 4.69) is 21.0 Å². The second-order valence-electron chi connectivity index (χ2n) is 3.50. The summed E-state index contributed by atoms with van der Waals surface area (Å²) in [5.41, 5.74) is 1.95. The van der Waals surface area contributed by atoms with Crippen LogP contribution in [-0.4, -0.2) is 19.5 Å². The number of aromatic amines is 1. The minimum Gasteiger partial charge on any atom is -0.346 e. The SMILES string of the molecule is Cn1ccnc1-c1cnc2[nH]ccc2c1. The first-order valence-electron chi connectivity index (χ1n) is 4.75. The highest BCUT2D eigenvalue weighted by Crippen LogP contribution is 2.19. The number of fused-ring (bicyclic) bond motifs is 1. The summed E-state index contributed by atoms with van der Waals surface area (Å²) in [7, 11) is 1.98. The number of hydrogen-bond acceptors (Lipinski definition) is 2. The van der Waals surface area contributed by atoms with Crippen LogP contribution in [0.1, 0.15) is 0 Å². The number of aryl methyl sites for hydroxylation is 1. The zero-order chi connectivity index (χ0) is 10.3. The first-order valence-corrected chi connectivity index (χ1v) is 4.75.